The van der Waals surface area contributed by atoms with Crippen molar-refractivity contribution in [3.8, 4) is 5.75 Å². The summed E-state index contributed by atoms with van der Waals surface area (Å²) in [7, 11) is 1.61. The Morgan fingerprint density at radius 1 is 1.06 bits per heavy atom. The number of aliphatic hydroxyl groups is 4. The number of ether oxygens (including phenoxy) is 2. The molecule has 2 heterocycles. The van der Waals surface area contributed by atoms with Gasteiger partial charge in [-0.15, -0.1) is 0 Å². The van der Waals surface area contributed by atoms with E-state index in [0.717, 1.165) is 27.8 Å². The number of fused-ring (bicyclic) bond motifs is 1. The topological polar surface area (TPSA) is 104 Å². The zero-order chi connectivity index (χ0) is 22.3. The van der Waals surface area contributed by atoms with Gasteiger partial charge in [0.05, 0.1) is 24.3 Å². The summed E-state index contributed by atoms with van der Waals surface area (Å²) in [5.41, 5.74) is 3.36. The summed E-state index contributed by atoms with van der Waals surface area (Å²) in [5.74, 6) is 0.761. The van der Waals surface area contributed by atoms with Crippen molar-refractivity contribution in [2.45, 2.75) is 44.0 Å². The maximum atomic E-state index is 10.7. The largest absolute Gasteiger partial charge is 0.497 e. The Balaban J connectivity index is 1.80. The van der Waals surface area contributed by atoms with Gasteiger partial charge in [0, 0.05) is 23.7 Å². The minimum absolute atomic E-state index is 0.480. The van der Waals surface area contributed by atoms with Crippen LogP contribution in [-0.2, 0) is 11.3 Å². The molecule has 0 amide bonds. The molecule has 31 heavy (non-hydrogen) atoms. The van der Waals surface area contributed by atoms with Crippen LogP contribution in [-0.4, -0.2) is 63.1 Å². The molecule has 0 saturated carbocycles. The fourth-order valence-electron chi connectivity index (χ4n) is 4.19. The Hall–Kier alpha value is -2.13. The normalized spacial score (nSPS) is 26.4. The molecule has 0 bridgehead atoms. The van der Waals surface area contributed by atoms with Crippen molar-refractivity contribution in [2.75, 3.05) is 13.7 Å². The highest BCUT2D eigenvalue weighted by molar-refractivity contribution is 6.35. The average molecular weight is 448 g/mol. The van der Waals surface area contributed by atoms with E-state index in [0.29, 0.717) is 17.1 Å². The predicted molar refractivity (Wildman–Crippen MR) is 117 cm³/mol. The van der Waals surface area contributed by atoms with Gasteiger partial charge in [-0.2, -0.15) is 0 Å². The second kappa shape index (κ2) is 8.78. The van der Waals surface area contributed by atoms with Gasteiger partial charge in [0.1, 0.15) is 36.3 Å². The van der Waals surface area contributed by atoms with Crippen LogP contribution in [0.3, 0.4) is 0 Å². The number of rotatable bonds is 5. The Bertz CT molecular complexity index is 1060. The molecule has 0 radical (unpaired) electrons. The first kappa shape index (κ1) is 22.1. The van der Waals surface area contributed by atoms with E-state index in [4.69, 9.17) is 21.1 Å². The van der Waals surface area contributed by atoms with Crippen LogP contribution < -0.4 is 4.74 Å². The fraction of sp³-hybridized carbons (Fsp3) is 0.391. The molecule has 7 nitrogen and oxygen atoms in total. The van der Waals surface area contributed by atoms with Crippen LogP contribution in [0.2, 0.25) is 5.02 Å². The van der Waals surface area contributed by atoms with Crippen LogP contribution in [0.15, 0.2) is 42.6 Å². The zero-order valence-corrected chi connectivity index (χ0v) is 18.0. The first-order valence-electron chi connectivity index (χ1n) is 10.1. The molecular formula is C23H26ClNO6. The number of aryl methyl sites for hydroxylation is 1. The standard InChI is InChI=1S/C23H26ClNO6/c1-12-7-15-16(23-22(29)21(28)20(27)18(11-26)31-23)10-25(19(15)17(24)8-12)9-13-3-5-14(30-2)6-4-13/h3-8,10,18,20-23,26-29H,9,11H2,1-2H3/t18-,20-,21+,22-,23+/m1/s1. The summed E-state index contributed by atoms with van der Waals surface area (Å²) in [6, 6.07) is 11.5. The van der Waals surface area contributed by atoms with Gasteiger partial charge < -0.3 is 34.5 Å². The van der Waals surface area contributed by atoms with Crippen molar-refractivity contribution in [2.24, 2.45) is 0 Å². The molecule has 0 spiro atoms. The molecule has 4 rings (SSSR count). The first-order chi connectivity index (χ1) is 14.8. The van der Waals surface area contributed by atoms with Crippen molar-refractivity contribution in [3.63, 3.8) is 0 Å². The van der Waals surface area contributed by atoms with Crippen LogP contribution >= 0.6 is 11.6 Å². The number of hydrogen-bond donors (Lipinski definition) is 4. The molecule has 1 aliphatic heterocycles. The molecule has 0 unspecified atom stereocenters. The van der Waals surface area contributed by atoms with Crippen molar-refractivity contribution >= 4 is 22.5 Å². The Labute approximate surface area is 185 Å². The number of aromatic nitrogens is 1. The summed E-state index contributed by atoms with van der Waals surface area (Å²) in [6.45, 7) is 1.95. The molecule has 1 fully saturated rings. The second-order valence-corrected chi connectivity index (χ2v) is 8.36. The van der Waals surface area contributed by atoms with E-state index >= 15 is 0 Å². The van der Waals surface area contributed by atoms with E-state index in [1.165, 1.54) is 0 Å². The lowest BCUT2D eigenvalue weighted by Crippen LogP contribution is -2.55. The summed E-state index contributed by atoms with van der Waals surface area (Å²) >= 11 is 6.60. The molecule has 1 aliphatic rings. The summed E-state index contributed by atoms with van der Waals surface area (Å²) in [4.78, 5) is 0. The van der Waals surface area contributed by atoms with E-state index < -0.39 is 37.1 Å². The maximum Gasteiger partial charge on any atom is 0.118 e. The summed E-state index contributed by atoms with van der Waals surface area (Å²) in [5, 5.41) is 42.0. The summed E-state index contributed by atoms with van der Waals surface area (Å²) in [6.07, 6.45) is -4.30. The third kappa shape index (κ3) is 4.05. The molecule has 1 saturated heterocycles. The van der Waals surface area contributed by atoms with Gasteiger partial charge in [0.25, 0.3) is 0 Å². The number of methoxy groups -OCH3 is 1. The lowest BCUT2D eigenvalue weighted by Gasteiger charge is -2.40. The number of aliphatic hydroxyl groups excluding tert-OH is 4. The van der Waals surface area contributed by atoms with Crippen molar-refractivity contribution < 1.29 is 29.9 Å². The predicted octanol–water partition coefficient (Wildman–Crippen LogP) is 2.17. The Kier molecular flexibility index (Phi) is 6.25. The Morgan fingerprint density at radius 3 is 2.42 bits per heavy atom. The van der Waals surface area contributed by atoms with Gasteiger partial charge in [-0.05, 0) is 42.3 Å². The monoisotopic (exact) mass is 447 g/mol. The fourth-order valence-corrected chi connectivity index (χ4v) is 4.57. The van der Waals surface area contributed by atoms with E-state index in [1.807, 2.05) is 54.1 Å². The van der Waals surface area contributed by atoms with E-state index in [9.17, 15) is 20.4 Å². The van der Waals surface area contributed by atoms with E-state index in [2.05, 4.69) is 0 Å². The van der Waals surface area contributed by atoms with Gasteiger partial charge in [-0.3, -0.25) is 0 Å². The number of nitrogens with zero attached hydrogens (tertiary/aromatic N) is 1. The van der Waals surface area contributed by atoms with Gasteiger partial charge in [0.2, 0.25) is 0 Å². The SMILES string of the molecule is COc1ccc(Cn2cc([C@@H]3O[C@H](CO)[C@@H](O)[C@H](O)[C@H]3O)c3cc(C)cc(Cl)c32)cc1. The lowest BCUT2D eigenvalue weighted by molar-refractivity contribution is -0.231. The molecule has 2 aromatic carbocycles. The van der Waals surface area contributed by atoms with Gasteiger partial charge in [-0.1, -0.05) is 23.7 Å². The minimum atomic E-state index is -1.45. The number of benzene rings is 2. The summed E-state index contributed by atoms with van der Waals surface area (Å²) < 4.78 is 13.0. The zero-order valence-electron chi connectivity index (χ0n) is 17.3. The first-order valence-corrected chi connectivity index (χ1v) is 10.4. The second-order valence-electron chi connectivity index (χ2n) is 7.95. The molecule has 166 valence electrons. The maximum absolute atomic E-state index is 10.7. The number of hydrogen-bond acceptors (Lipinski definition) is 6. The van der Waals surface area contributed by atoms with Gasteiger partial charge >= 0.3 is 0 Å². The molecule has 1 aromatic heterocycles. The van der Waals surface area contributed by atoms with Crippen molar-refractivity contribution in [1.29, 1.82) is 0 Å². The average Bonchev–Trinajstić information content (AvgIpc) is 3.11. The molecule has 8 heteroatoms. The molecule has 0 aliphatic carbocycles. The van der Waals surface area contributed by atoms with Crippen LogP contribution in [0.1, 0.15) is 22.8 Å². The van der Waals surface area contributed by atoms with Gasteiger partial charge in [-0.25, -0.2) is 0 Å². The Morgan fingerprint density at radius 2 is 1.77 bits per heavy atom. The van der Waals surface area contributed by atoms with Crippen molar-refractivity contribution in [1.82, 2.24) is 4.57 Å². The highest BCUT2D eigenvalue weighted by Gasteiger charge is 2.44. The van der Waals surface area contributed by atoms with Crippen LogP contribution in [0.4, 0.5) is 0 Å². The quantitative estimate of drug-likeness (QED) is 0.478. The number of halogens is 1. The molecule has 3 aromatic rings. The third-order valence-corrected chi connectivity index (χ3v) is 6.10. The minimum Gasteiger partial charge on any atom is -0.497 e. The van der Waals surface area contributed by atoms with Crippen LogP contribution in [0, 0.1) is 6.92 Å². The van der Waals surface area contributed by atoms with E-state index in [-0.39, 0.29) is 0 Å². The molecular weight excluding hydrogens is 422 g/mol. The smallest absolute Gasteiger partial charge is 0.118 e. The van der Waals surface area contributed by atoms with Crippen LogP contribution in [0.5, 0.6) is 5.75 Å². The highest BCUT2D eigenvalue weighted by Crippen LogP contribution is 2.39. The highest BCUT2D eigenvalue weighted by atomic mass is 35.5. The third-order valence-electron chi connectivity index (χ3n) is 5.81. The lowest BCUT2D eigenvalue weighted by atomic mass is 9.91. The van der Waals surface area contributed by atoms with Crippen molar-refractivity contribution in [3.05, 3.63) is 64.3 Å². The van der Waals surface area contributed by atoms with E-state index in [1.54, 1.807) is 7.11 Å². The molecule has 5 atom stereocenters. The molecule has 4 N–H and O–H groups in total. The van der Waals surface area contributed by atoms with Gasteiger partial charge in [0.15, 0.2) is 0 Å². The van der Waals surface area contributed by atoms with Crippen LogP contribution in [0.25, 0.3) is 10.9 Å².